The molecule has 2 N–H and O–H groups in total. The highest BCUT2D eigenvalue weighted by Gasteiger charge is 2.40. The summed E-state index contributed by atoms with van der Waals surface area (Å²) in [4.78, 5) is 11.7. The van der Waals surface area contributed by atoms with Crippen molar-refractivity contribution < 1.29 is 36.6 Å². The molecule has 0 atom stereocenters. The number of nitrogens with one attached hydrogen (secondary N) is 2. The molecule has 0 saturated heterocycles. The maximum Gasteiger partial charge on any atom is 0.522 e. The van der Waals surface area contributed by atoms with E-state index in [1.165, 1.54) is 12.1 Å². The van der Waals surface area contributed by atoms with E-state index in [4.69, 9.17) is 21.1 Å². The minimum Gasteiger partial charge on any atom is -0.492 e. The third-order valence-electron chi connectivity index (χ3n) is 4.19. The van der Waals surface area contributed by atoms with Gasteiger partial charge in [-0.05, 0) is 12.1 Å². The van der Waals surface area contributed by atoms with Gasteiger partial charge in [0.05, 0.1) is 17.2 Å². The van der Waals surface area contributed by atoms with E-state index in [-0.39, 0.29) is 37.0 Å². The van der Waals surface area contributed by atoms with Gasteiger partial charge in [-0.15, -0.1) is 13.2 Å². The van der Waals surface area contributed by atoms with Crippen LogP contribution in [0.25, 0.3) is 0 Å². The van der Waals surface area contributed by atoms with Crippen molar-refractivity contribution in [2.75, 3.05) is 26.3 Å². The van der Waals surface area contributed by atoms with E-state index in [0.29, 0.717) is 31.0 Å². The predicted molar refractivity (Wildman–Crippen MR) is 102 cm³/mol. The van der Waals surface area contributed by atoms with Gasteiger partial charge in [0.1, 0.15) is 24.8 Å². The first-order chi connectivity index (χ1) is 14.1. The molecule has 0 aliphatic heterocycles. The van der Waals surface area contributed by atoms with Crippen LogP contribution in [-0.2, 0) is 14.3 Å². The number of carbonyl (C=O) groups is 1. The second-order valence-electron chi connectivity index (χ2n) is 6.64. The van der Waals surface area contributed by atoms with Gasteiger partial charge < -0.3 is 20.1 Å². The highest BCUT2D eigenvalue weighted by atomic mass is 35.5. The molecule has 1 aliphatic rings. The first kappa shape index (κ1) is 24.2. The van der Waals surface area contributed by atoms with E-state index in [9.17, 15) is 22.4 Å². The monoisotopic (exact) mass is 454 g/mol. The average molecular weight is 455 g/mol. The number of hydrogen-bond donors (Lipinski definition) is 2. The van der Waals surface area contributed by atoms with Crippen molar-refractivity contribution >= 4 is 17.5 Å². The average Bonchev–Trinajstić information content (AvgIpc) is 2.62. The van der Waals surface area contributed by atoms with Crippen molar-refractivity contribution in [1.29, 1.82) is 0 Å². The molecule has 0 heterocycles. The molecule has 1 amide bonds. The molecule has 1 aliphatic carbocycles. The summed E-state index contributed by atoms with van der Waals surface area (Å²) < 4.78 is 63.8. The van der Waals surface area contributed by atoms with Crippen molar-refractivity contribution in [1.82, 2.24) is 10.6 Å². The van der Waals surface area contributed by atoms with Crippen molar-refractivity contribution in [2.45, 2.75) is 37.8 Å². The molecular formula is C19H23ClF4N2O4. The third-order valence-corrected chi connectivity index (χ3v) is 4.49. The summed E-state index contributed by atoms with van der Waals surface area (Å²) in [5.74, 6) is -0.562. The Morgan fingerprint density at radius 3 is 2.60 bits per heavy atom. The number of carbonyl (C=O) groups excluding carboxylic acids is 1. The summed E-state index contributed by atoms with van der Waals surface area (Å²) in [5, 5.41) is 5.67. The van der Waals surface area contributed by atoms with Crippen LogP contribution in [0.15, 0.2) is 30.5 Å². The van der Waals surface area contributed by atoms with Crippen LogP contribution in [0, 0.1) is 5.82 Å². The molecule has 0 unspecified atom stereocenters. The molecule has 168 valence electrons. The molecule has 2 rings (SSSR count). The Morgan fingerprint density at radius 2 is 1.93 bits per heavy atom. The lowest BCUT2D eigenvalue weighted by molar-refractivity contribution is -0.357. The summed E-state index contributed by atoms with van der Waals surface area (Å²) >= 11 is 5.59. The van der Waals surface area contributed by atoms with Crippen LogP contribution >= 0.6 is 11.6 Å². The maximum atomic E-state index is 13.3. The zero-order valence-corrected chi connectivity index (χ0v) is 16.8. The molecule has 0 radical (unpaired) electrons. The largest absolute Gasteiger partial charge is 0.522 e. The Labute approximate surface area is 176 Å². The maximum absolute atomic E-state index is 13.3. The lowest BCUT2D eigenvalue weighted by atomic mass is 9.92. The summed E-state index contributed by atoms with van der Waals surface area (Å²) in [6, 6.07) is 4.16. The van der Waals surface area contributed by atoms with Crippen LogP contribution in [0.2, 0.25) is 5.02 Å². The van der Waals surface area contributed by atoms with Crippen LogP contribution in [0.1, 0.15) is 19.3 Å². The van der Waals surface area contributed by atoms with E-state index in [1.807, 2.05) is 0 Å². The van der Waals surface area contributed by atoms with Gasteiger partial charge in [0.25, 0.3) is 0 Å². The number of rotatable bonds is 12. The fraction of sp³-hybridized carbons (Fsp3) is 0.526. The fourth-order valence-electron chi connectivity index (χ4n) is 2.59. The van der Waals surface area contributed by atoms with E-state index in [2.05, 4.69) is 21.9 Å². The van der Waals surface area contributed by atoms with Gasteiger partial charge in [-0.1, -0.05) is 18.2 Å². The molecule has 1 aromatic carbocycles. The molecule has 11 heteroatoms. The van der Waals surface area contributed by atoms with Crippen LogP contribution < -0.4 is 15.4 Å². The van der Waals surface area contributed by atoms with Gasteiger partial charge in [-0.3, -0.25) is 9.53 Å². The molecule has 1 fully saturated rings. The summed E-state index contributed by atoms with van der Waals surface area (Å²) in [6.45, 7) is 4.63. The number of amides is 1. The van der Waals surface area contributed by atoms with Gasteiger partial charge in [-0.2, -0.15) is 0 Å². The minimum absolute atomic E-state index is 0.0219. The van der Waals surface area contributed by atoms with Crippen molar-refractivity contribution in [3.63, 3.8) is 0 Å². The van der Waals surface area contributed by atoms with Gasteiger partial charge >= 0.3 is 6.36 Å². The van der Waals surface area contributed by atoms with Crippen molar-refractivity contribution in [3.8, 4) is 5.75 Å². The van der Waals surface area contributed by atoms with Gasteiger partial charge in [0, 0.05) is 44.1 Å². The number of ether oxygens (including phenoxy) is 3. The van der Waals surface area contributed by atoms with Crippen molar-refractivity contribution in [2.24, 2.45) is 0 Å². The fourth-order valence-corrected chi connectivity index (χ4v) is 2.71. The third kappa shape index (κ3) is 9.19. The molecule has 0 aromatic heterocycles. The first-order valence-electron chi connectivity index (χ1n) is 9.24. The molecule has 30 heavy (non-hydrogen) atoms. The van der Waals surface area contributed by atoms with Crippen LogP contribution in [0.3, 0.4) is 0 Å². The number of hydrogen-bond acceptors (Lipinski definition) is 5. The second kappa shape index (κ2) is 11.4. The standard InChI is InChI=1S/C19H23ClF4N2O4/c1-12(25-6-7-28-13-2-3-16(20)17(21)10-13)4-5-26-18(27)11-29-14-8-15(9-14)30-19(22,23)24/h2-3,10,14-15,25H,1,4-9,11H2,(H,26,27). The van der Waals surface area contributed by atoms with E-state index in [1.54, 1.807) is 6.07 Å². The number of benzene rings is 1. The molecular weight excluding hydrogens is 432 g/mol. The number of halogens is 5. The van der Waals surface area contributed by atoms with E-state index < -0.39 is 24.4 Å². The van der Waals surface area contributed by atoms with E-state index in [0.717, 1.165) is 0 Å². The highest BCUT2D eigenvalue weighted by molar-refractivity contribution is 6.30. The summed E-state index contributed by atoms with van der Waals surface area (Å²) in [7, 11) is 0. The zero-order valence-electron chi connectivity index (χ0n) is 16.1. The normalized spacial score (nSPS) is 18.4. The van der Waals surface area contributed by atoms with Crippen LogP contribution in [0.5, 0.6) is 5.75 Å². The Morgan fingerprint density at radius 1 is 1.20 bits per heavy atom. The molecule has 1 aromatic rings. The molecule has 6 nitrogen and oxygen atoms in total. The second-order valence-corrected chi connectivity index (χ2v) is 7.05. The van der Waals surface area contributed by atoms with Gasteiger partial charge in [-0.25, -0.2) is 4.39 Å². The Kier molecular flexibility index (Phi) is 9.19. The van der Waals surface area contributed by atoms with Gasteiger partial charge in [0.15, 0.2) is 0 Å². The lowest BCUT2D eigenvalue weighted by Crippen LogP contribution is -2.42. The Balaban J connectivity index is 1.46. The number of alkyl halides is 3. The lowest BCUT2D eigenvalue weighted by Gasteiger charge is -2.34. The van der Waals surface area contributed by atoms with Crippen LogP contribution in [-0.4, -0.2) is 50.8 Å². The Hall–Kier alpha value is -2.04. The minimum atomic E-state index is -4.65. The molecule has 0 spiro atoms. The van der Waals surface area contributed by atoms with Crippen LogP contribution in [0.4, 0.5) is 17.6 Å². The summed E-state index contributed by atoms with van der Waals surface area (Å²) in [6.07, 6.45) is -5.28. The van der Waals surface area contributed by atoms with E-state index >= 15 is 0 Å². The zero-order chi connectivity index (χ0) is 22.1. The topological polar surface area (TPSA) is 68.8 Å². The smallest absolute Gasteiger partial charge is 0.492 e. The summed E-state index contributed by atoms with van der Waals surface area (Å²) in [5.41, 5.74) is 0.674. The SMILES string of the molecule is C=C(CCNC(=O)COC1CC(OC(F)(F)F)C1)NCCOc1ccc(Cl)c(F)c1. The molecule has 1 saturated carbocycles. The predicted octanol–water partition coefficient (Wildman–Crippen LogP) is 3.55. The first-order valence-corrected chi connectivity index (χ1v) is 9.62. The molecule has 0 bridgehead atoms. The van der Waals surface area contributed by atoms with Crippen molar-refractivity contribution in [3.05, 3.63) is 41.3 Å². The highest BCUT2D eigenvalue weighted by Crippen LogP contribution is 2.31. The Bertz CT molecular complexity index is 727. The quantitative estimate of drug-likeness (QED) is 0.373. The van der Waals surface area contributed by atoms with Gasteiger partial charge in [0.2, 0.25) is 5.91 Å².